The van der Waals surface area contributed by atoms with Gasteiger partial charge in [-0.15, -0.1) is 0 Å². The summed E-state index contributed by atoms with van der Waals surface area (Å²) in [6, 6.07) is -1.82. The third kappa shape index (κ3) is 5.49. The number of aliphatic carboxylic acids is 1. The van der Waals surface area contributed by atoms with Gasteiger partial charge >= 0.3 is 5.97 Å². The van der Waals surface area contributed by atoms with Crippen LogP contribution in [0.15, 0.2) is 0 Å². The van der Waals surface area contributed by atoms with Crippen LogP contribution in [0.5, 0.6) is 0 Å². The third-order valence-electron chi connectivity index (χ3n) is 3.77. The van der Waals surface area contributed by atoms with E-state index in [4.69, 9.17) is 7.16 Å². The van der Waals surface area contributed by atoms with Gasteiger partial charge in [0.1, 0.15) is 6.04 Å². The van der Waals surface area contributed by atoms with Crippen molar-refractivity contribution in [3.05, 3.63) is 0 Å². The van der Waals surface area contributed by atoms with Gasteiger partial charge in [0.15, 0.2) is 0 Å². The van der Waals surface area contributed by atoms with Crippen LogP contribution < -0.4 is 16.4 Å². The van der Waals surface area contributed by atoms with E-state index < -0.39 is 30.4 Å². The summed E-state index contributed by atoms with van der Waals surface area (Å²) >= 11 is 1.88. The molecule has 8 heteroatoms. The Kier molecular flexibility index (Phi) is 6.50. The van der Waals surface area contributed by atoms with E-state index >= 15 is 0 Å². The molecule has 0 aliphatic carbocycles. The van der Waals surface area contributed by atoms with E-state index in [0.29, 0.717) is 11.8 Å². The normalized spacial score (nSPS) is 28.0. The summed E-state index contributed by atoms with van der Waals surface area (Å²) in [6.07, 6.45) is -0.405. The summed E-state index contributed by atoms with van der Waals surface area (Å²) in [7, 11) is 0. The monoisotopic (exact) mass is 332 g/mol. The average Bonchev–Trinajstić information content (AvgIpc) is 2.50. The lowest BCUT2D eigenvalue weighted by molar-refractivity contribution is -0.139. The number of hydrogen-bond donors (Lipinski definition) is 4. The van der Waals surface area contributed by atoms with Crippen molar-refractivity contribution in [3.63, 3.8) is 0 Å². The Hall–Kier alpha value is -1.28. The number of carbonyl (C=O) groups excluding carboxylic acids is 2. The highest BCUT2D eigenvalue weighted by atomic mass is 32.2. The van der Waals surface area contributed by atoms with Crippen LogP contribution in [0.2, 0.25) is 0 Å². The lowest BCUT2D eigenvalue weighted by atomic mass is 9.92. The van der Waals surface area contributed by atoms with Crippen LogP contribution in [-0.2, 0) is 14.4 Å². The molecule has 1 saturated heterocycles. The number of carboxylic acids is 1. The molecule has 7 nitrogen and oxygen atoms in total. The third-order valence-corrected chi connectivity index (χ3v) is 5.29. The second-order valence-electron chi connectivity index (χ2n) is 5.94. The quantitative estimate of drug-likeness (QED) is 0.534. The zero-order valence-corrected chi connectivity index (χ0v) is 13.9. The maximum Gasteiger partial charge on any atom is 0.305 e. The van der Waals surface area contributed by atoms with Gasteiger partial charge in [-0.25, -0.2) is 0 Å². The van der Waals surface area contributed by atoms with E-state index in [1.807, 2.05) is 11.8 Å². The SMILES string of the molecule is [2H]OC(=O)C[C@H](N)C(=O)N[C@@H](C)C(=O)NC1C(C)CSCC1C. The van der Waals surface area contributed by atoms with Crippen LogP contribution in [0.25, 0.3) is 1.43 Å². The topological polar surface area (TPSA) is 122 Å². The number of amides is 2. The molecule has 2 unspecified atom stereocenters. The van der Waals surface area contributed by atoms with Gasteiger partial charge in [0.2, 0.25) is 11.8 Å². The molecular weight excluding hydrogens is 306 g/mol. The van der Waals surface area contributed by atoms with E-state index in [1.54, 1.807) is 6.92 Å². The summed E-state index contributed by atoms with van der Waals surface area (Å²) < 4.78 is 6.43. The fraction of sp³-hybridized carbons (Fsp3) is 0.786. The van der Waals surface area contributed by atoms with Crippen molar-refractivity contribution >= 4 is 29.5 Å². The molecule has 0 bridgehead atoms. The highest BCUT2D eigenvalue weighted by Gasteiger charge is 2.31. The second-order valence-corrected chi connectivity index (χ2v) is 7.01. The molecule has 0 spiro atoms. The molecule has 1 rings (SSSR count). The Labute approximate surface area is 136 Å². The Morgan fingerprint density at radius 3 is 2.45 bits per heavy atom. The number of thioether (sulfide) groups is 1. The molecule has 1 aliphatic heterocycles. The second kappa shape index (κ2) is 8.38. The van der Waals surface area contributed by atoms with E-state index in [0.717, 1.165) is 11.5 Å². The fourth-order valence-electron chi connectivity index (χ4n) is 2.44. The number of nitrogens with two attached hydrogens (primary N) is 1. The maximum absolute atomic E-state index is 12.2. The summed E-state index contributed by atoms with van der Waals surface area (Å²) in [5.41, 5.74) is 5.54. The van der Waals surface area contributed by atoms with Crippen molar-refractivity contribution in [1.82, 2.24) is 10.6 Å². The van der Waals surface area contributed by atoms with Gasteiger partial charge < -0.3 is 21.5 Å². The lowest BCUT2D eigenvalue weighted by Gasteiger charge is -2.35. The van der Waals surface area contributed by atoms with Crippen molar-refractivity contribution in [1.29, 1.82) is 1.43 Å². The highest BCUT2D eigenvalue weighted by molar-refractivity contribution is 7.99. The average molecular weight is 332 g/mol. The van der Waals surface area contributed by atoms with Crippen molar-refractivity contribution < 1.29 is 19.5 Å². The maximum atomic E-state index is 12.2. The Morgan fingerprint density at radius 1 is 1.32 bits per heavy atom. The molecule has 0 radical (unpaired) electrons. The Morgan fingerprint density at radius 2 is 1.91 bits per heavy atom. The zero-order chi connectivity index (χ0) is 17.6. The molecule has 126 valence electrons. The van der Waals surface area contributed by atoms with Gasteiger partial charge in [0, 0.05) is 6.04 Å². The van der Waals surface area contributed by atoms with E-state index in [1.165, 1.54) is 0 Å². The first-order valence-electron chi connectivity index (χ1n) is 7.77. The molecule has 22 heavy (non-hydrogen) atoms. The first-order valence-corrected chi connectivity index (χ1v) is 8.51. The molecule has 0 aromatic heterocycles. The summed E-state index contributed by atoms with van der Waals surface area (Å²) in [6.45, 7) is 5.76. The van der Waals surface area contributed by atoms with Gasteiger partial charge in [-0.2, -0.15) is 11.8 Å². The molecule has 0 aromatic rings. The number of carboxylic acid groups (broad SMARTS) is 1. The molecule has 1 aliphatic rings. The van der Waals surface area contributed by atoms with Gasteiger partial charge in [0.05, 0.1) is 12.5 Å². The molecule has 1 heterocycles. The Balaban J connectivity index is 2.49. The van der Waals surface area contributed by atoms with Gasteiger partial charge in [-0.05, 0) is 30.3 Å². The van der Waals surface area contributed by atoms with Gasteiger partial charge in [-0.1, -0.05) is 13.8 Å². The zero-order valence-electron chi connectivity index (χ0n) is 14.1. The minimum absolute atomic E-state index is 0.0788. The van der Waals surface area contributed by atoms with E-state index in [9.17, 15) is 14.4 Å². The first-order chi connectivity index (χ1) is 10.8. The molecule has 2 amide bonds. The van der Waals surface area contributed by atoms with Crippen molar-refractivity contribution in [2.75, 3.05) is 11.5 Å². The van der Waals surface area contributed by atoms with Crippen LogP contribution in [0.1, 0.15) is 27.2 Å². The molecule has 5 N–H and O–H groups in total. The molecule has 1 fully saturated rings. The van der Waals surface area contributed by atoms with Crippen molar-refractivity contribution in [2.45, 2.75) is 45.3 Å². The minimum Gasteiger partial charge on any atom is -0.481 e. The largest absolute Gasteiger partial charge is 0.481 e. The van der Waals surface area contributed by atoms with Crippen molar-refractivity contribution in [3.8, 4) is 0 Å². The smallest absolute Gasteiger partial charge is 0.305 e. The fourth-order valence-corrected chi connectivity index (χ4v) is 3.73. The Bertz CT molecular complexity index is 442. The predicted molar refractivity (Wildman–Crippen MR) is 85.4 cm³/mol. The summed E-state index contributed by atoms with van der Waals surface area (Å²) in [5.74, 6) is 0.927. The molecule has 4 atom stereocenters. The van der Waals surface area contributed by atoms with Crippen LogP contribution >= 0.6 is 11.8 Å². The van der Waals surface area contributed by atoms with E-state index in [-0.39, 0.29) is 11.9 Å². The van der Waals surface area contributed by atoms with Crippen LogP contribution in [0.4, 0.5) is 0 Å². The van der Waals surface area contributed by atoms with Gasteiger partial charge in [-0.3, -0.25) is 14.4 Å². The molecular formula is C14H25N3O4S. The van der Waals surface area contributed by atoms with Crippen LogP contribution in [0.3, 0.4) is 0 Å². The van der Waals surface area contributed by atoms with Crippen molar-refractivity contribution in [2.24, 2.45) is 17.6 Å². The van der Waals surface area contributed by atoms with Crippen LogP contribution in [0, 0.1) is 11.8 Å². The number of rotatable bonds is 6. The number of nitrogens with one attached hydrogen (secondary N) is 2. The summed E-state index contributed by atoms with van der Waals surface area (Å²) in [4.78, 5) is 35.0. The number of hydrogen-bond acceptors (Lipinski definition) is 6. The minimum atomic E-state index is -1.15. The summed E-state index contributed by atoms with van der Waals surface area (Å²) in [5, 5.41) is 9.18. The lowest BCUT2D eigenvalue weighted by Crippen LogP contribution is -2.55. The molecule has 0 aromatic carbocycles. The molecule has 0 saturated carbocycles. The van der Waals surface area contributed by atoms with Gasteiger partial charge in [0.25, 0.3) is 1.43 Å². The highest BCUT2D eigenvalue weighted by Crippen LogP contribution is 2.27. The van der Waals surface area contributed by atoms with E-state index in [2.05, 4.69) is 29.6 Å². The van der Waals surface area contributed by atoms with Crippen LogP contribution in [-0.4, -0.2) is 52.5 Å². The number of carbonyl (C=O) groups is 3. The predicted octanol–water partition coefficient (Wildman–Crippen LogP) is -0.203. The first kappa shape index (κ1) is 17.1. The standard InChI is InChI=1S/C14H25N3O4S/c1-7-5-22-6-8(2)12(7)17-13(20)9(3)16-14(21)10(15)4-11(18)19/h7-10,12H,4-6,15H2,1-3H3,(H,16,21)(H,17,20)(H,18,19)/t7?,8?,9-,10-,12?/m0/s1/i/hD.